The molecule has 27 heavy (non-hydrogen) atoms. The lowest BCUT2D eigenvalue weighted by molar-refractivity contribution is -0.174. The third-order valence-corrected chi connectivity index (χ3v) is 1.99. The van der Waals surface area contributed by atoms with Crippen LogP contribution in [0.25, 0.3) is 0 Å². The van der Waals surface area contributed by atoms with Gasteiger partial charge < -0.3 is 29.9 Å². The molecular formula is C16H22O11. The molecule has 0 heterocycles. The fourth-order valence-corrected chi connectivity index (χ4v) is 0.933. The average molecular weight is 390 g/mol. The molecule has 0 aliphatic carbocycles. The highest BCUT2D eigenvalue weighted by molar-refractivity contribution is 5.92. The Kier molecular flexibility index (Phi) is 18.5. The minimum absolute atomic E-state index is 0.255. The monoisotopic (exact) mass is 390 g/mol. The third kappa shape index (κ3) is 18.9. The highest BCUT2D eigenvalue weighted by atomic mass is 16.6. The molecule has 0 rings (SSSR count). The number of esters is 3. The van der Waals surface area contributed by atoms with Gasteiger partial charge in [0.05, 0.1) is 12.8 Å². The summed E-state index contributed by atoms with van der Waals surface area (Å²) in [6.45, 7) is 12.8. The zero-order valence-corrected chi connectivity index (χ0v) is 14.4. The van der Waals surface area contributed by atoms with Gasteiger partial charge in [-0.15, -0.1) is 13.2 Å². The lowest BCUT2D eigenvalue weighted by atomic mass is 10.2. The predicted octanol–water partition coefficient (Wildman–Crippen LogP) is -0.569. The van der Waals surface area contributed by atoms with Crippen LogP contribution in [-0.4, -0.2) is 69.1 Å². The Balaban J connectivity index is -0.000000482. The van der Waals surface area contributed by atoms with Crippen LogP contribution in [-0.2, 0) is 33.4 Å². The predicted molar refractivity (Wildman–Crippen MR) is 90.2 cm³/mol. The van der Waals surface area contributed by atoms with Crippen LogP contribution in [0.5, 0.6) is 0 Å². The first-order valence-corrected chi connectivity index (χ1v) is 7.00. The number of hydrogen-bond donors (Lipinski definition) is 4. The molecule has 2 atom stereocenters. The summed E-state index contributed by atoms with van der Waals surface area (Å²) in [6, 6.07) is 0. The minimum atomic E-state index is -2.06. The van der Waals surface area contributed by atoms with Gasteiger partial charge in [0.2, 0.25) is 0 Å². The average Bonchev–Trinajstić information content (AvgIpc) is 2.60. The largest absolute Gasteiger partial charge is 0.481 e. The molecule has 0 saturated heterocycles. The van der Waals surface area contributed by atoms with Gasteiger partial charge in [0.15, 0.2) is 12.2 Å². The number of carbonyl (C=O) groups is 5. The molecule has 11 nitrogen and oxygen atoms in total. The van der Waals surface area contributed by atoms with Gasteiger partial charge in [-0.25, -0.2) is 14.4 Å². The number of aliphatic hydroxyl groups is 2. The zero-order valence-electron chi connectivity index (χ0n) is 14.4. The Morgan fingerprint density at radius 2 is 1.22 bits per heavy atom. The van der Waals surface area contributed by atoms with Crippen molar-refractivity contribution in [1.29, 1.82) is 0 Å². The van der Waals surface area contributed by atoms with Crippen molar-refractivity contribution in [1.82, 2.24) is 0 Å². The summed E-state index contributed by atoms with van der Waals surface area (Å²) in [4.78, 5) is 52.1. The van der Waals surface area contributed by atoms with Crippen molar-refractivity contribution in [3.63, 3.8) is 0 Å². The Bertz CT molecular complexity index is 506. The lowest BCUT2D eigenvalue weighted by Gasteiger charge is -2.09. The fourth-order valence-electron chi connectivity index (χ4n) is 0.933. The molecule has 0 amide bonds. The van der Waals surface area contributed by atoms with Crippen molar-refractivity contribution < 1.29 is 53.9 Å². The molecule has 0 aromatic heterocycles. The molecule has 4 N–H and O–H groups in total. The van der Waals surface area contributed by atoms with E-state index in [1.165, 1.54) is 6.08 Å². The molecule has 0 spiro atoms. The molecule has 0 aliphatic rings. The van der Waals surface area contributed by atoms with Gasteiger partial charge in [0, 0.05) is 6.08 Å². The summed E-state index contributed by atoms with van der Waals surface area (Å²) < 4.78 is 8.34. The topological polar surface area (TPSA) is 185 Å². The molecule has 0 bridgehead atoms. The van der Waals surface area contributed by atoms with Gasteiger partial charge in [-0.3, -0.25) is 9.59 Å². The summed E-state index contributed by atoms with van der Waals surface area (Å²) in [7, 11) is 0. The SMILES string of the molecule is C=C.C=CCOC(=O)C=C.O=C(O)CC(O)C(=O)OC(=O)C(O)CC(=O)O. The summed E-state index contributed by atoms with van der Waals surface area (Å²) in [5.41, 5.74) is 0. The molecule has 0 saturated carbocycles. The van der Waals surface area contributed by atoms with Gasteiger partial charge in [0.1, 0.15) is 6.61 Å². The maximum atomic E-state index is 10.9. The van der Waals surface area contributed by atoms with Crippen LogP contribution in [0, 0.1) is 0 Å². The van der Waals surface area contributed by atoms with Gasteiger partial charge >= 0.3 is 29.8 Å². The van der Waals surface area contributed by atoms with Crippen LogP contribution in [0.4, 0.5) is 0 Å². The van der Waals surface area contributed by atoms with E-state index in [0.29, 0.717) is 0 Å². The van der Waals surface area contributed by atoms with Crippen LogP contribution < -0.4 is 0 Å². The Hall–Kier alpha value is -3.31. The molecule has 2 unspecified atom stereocenters. The van der Waals surface area contributed by atoms with Crippen molar-refractivity contribution in [2.75, 3.05) is 6.61 Å². The fraction of sp³-hybridized carbons (Fsp3) is 0.312. The van der Waals surface area contributed by atoms with E-state index >= 15 is 0 Å². The van der Waals surface area contributed by atoms with Crippen LogP contribution in [0.1, 0.15) is 12.8 Å². The van der Waals surface area contributed by atoms with Crippen LogP contribution in [0.2, 0.25) is 0 Å². The summed E-state index contributed by atoms with van der Waals surface area (Å²) in [6.07, 6.45) is -3.45. The summed E-state index contributed by atoms with van der Waals surface area (Å²) >= 11 is 0. The lowest BCUT2D eigenvalue weighted by Crippen LogP contribution is -2.33. The Labute approximate surface area is 154 Å². The molecule has 0 radical (unpaired) electrons. The van der Waals surface area contributed by atoms with Crippen molar-refractivity contribution >= 4 is 29.8 Å². The van der Waals surface area contributed by atoms with Gasteiger partial charge in [-0.2, -0.15) is 0 Å². The molecule has 0 aliphatic heterocycles. The van der Waals surface area contributed by atoms with Gasteiger partial charge in [0.25, 0.3) is 0 Å². The molecule has 0 aromatic rings. The standard InChI is InChI=1S/C8H10O9.C6H8O2.C2H4/c9-3(1-5(11)12)7(15)17-8(16)4(10)2-6(13)14;1-3-5-8-6(7)4-2;1-2/h3-4,9-10H,1-2H2,(H,11,12)(H,13,14);3-4H,1-2,5H2;1-2H2. The van der Waals surface area contributed by atoms with E-state index in [1.54, 1.807) is 0 Å². The number of hydrogen-bond acceptors (Lipinski definition) is 9. The van der Waals surface area contributed by atoms with E-state index in [9.17, 15) is 24.0 Å². The summed E-state index contributed by atoms with van der Waals surface area (Å²) in [5, 5.41) is 34.2. The van der Waals surface area contributed by atoms with Gasteiger partial charge in [-0.1, -0.05) is 19.2 Å². The second-order valence-corrected chi connectivity index (χ2v) is 4.09. The maximum absolute atomic E-state index is 10.9. The number of carboxylic acids is 2. The first kappa shape index (κ1) is 28.5. The van der Waals surface area contributed by atoms with Crippen molar-refractivity contribution in [2.45, 2.75) is 25.0 Å². The number of carbonyl (C=O) groups excluding carboxylic acids is 3. The van der Waals surface area contributed by atoms with Crippen molar-refractivity contribution in [3.05, 3.63) is 38.5 Å². The van der Waals surface area contributed by atoms with E-state index in [-0.39, 0.29) is 6.61 Å². The van der Waals surface area contributed by atoms with Crippen LogP contribution in [0.3, 0.4) is 0 Å². The van der Waals surface area contributed by atoms with E-state index < -0.39 is 54.9 Å². The molecule has 11 heteroatoms. The molecule has 0 aromatic carbocycles. The first-order valence-electron chi connectivity index (χ1n) is 7.00. The van der Waals surface area contributed by atoms with Crippen LogP contribution >= 0.6 is 0 Å². The number of aliphatic hydroxyl groups excluding tert-OH is 2. The van der Waals surface area contributed by atoms with E-state index in [1.807, 2.05) is 0 Å². The highest BCUT2D eigenvalue weighted by Gasteiger charge is 2.27. The molecule has 0 fully saturated rings. The molecule has 152 valence electrons. The zero-order chi connectivity index (χ0) is 22.0. The third-order valence-electron chi connectivity index (χ3n) is 1.99. The Morgan fingerprint density at radius 3 is 1.48 bits per heavy atom. The van der Waals surface area contributed by atoms with E-state index in [4.69, 9.17) is 20.4 Å². The quantitative estimate of drug-likeness (QED) is 0.171. The van der Waals surface area contributed by atoms with Crippen LogP contribution in [0.15, 0.2) is 38.5 Å². The second kappa shape index (κ2) is 17.5. The highest BCUT2D eigenvalue weighted by Crippen LogP contribution is 2.00. The van der Waals surface area contributed by atoms with E-state index in [2.05, 4.69) is 35.8 Å². The number of ether oxygens (including phenoxy) is 2. The molecular weight excluding hydrogens is 368 g/mol. The number of carboxylic acid groups (broad SMARTS) is 2. The smallest absolute Gasteiger partial charge is 0.343 e. The van der Waals surface area contributed by atoms with Crippen molar-refractivity contribution in [2.24, 2.45) is 0 Å². The van der Waals surface area contributed by atoms with Crippen molar-refractivity contribution in [3.8, 4) is 0 Å². The minimum Gasteiger partial charge on any atom is -0.481 e. The van der Waals surface area contributed by atoms with Gasteiger partial charge in [-0.05, 0) is 0 Å². The van der Waals surface area contributed by atoms with E-state index in [0.717, 1.165) is 6.08 Å². The number of rotatable bonds is 9. The summed E-state index contributed by atoms with van der Waals surface area (Å²) in [5.74, 6) is -6.53. The first-order chi connectivity index (χ1) is 12.5. The maximum Gasteiger partial charge on any atom is 0.343 e. The Morgan fingerprint density at radius 1 is 0.852 bits per heavy atom. The normalized spacial score (nSPS) is 10.9. The second-order valence-electron chi connectivity index (χ2n) is 4.09. The number of aliphatic carboxylic acids is 2.